The Kier molecular flexibility index (Phi) is 6.58. The number of fused-ring (bicyclic) bond motifs is 1. The fraction of sp³-hybridized carbons (Fsp3) is 0.333. The summed E-state index contributed by atoms with van der Waals surface area (Å²) < 4.78 is 30.9. The number of hydrogen-bond acceptors (Lipinski definition) is 5. The van der Waals surface area contributed by atoms with Crippen LogP contribution in [0.1, 0.15) is 24.0 Å². The molecule has 2 aliphatic heterocycles. The van der Waals surface area contributed by atoms with E-state index in [0.29, 0.717) is 36.6 Å². The number of halogens is 1. The fourth-order valence-corrected chi connectivity index (χ4v) is 3.87. The summed E-state index contributed by atoms with van der Waals surface area (Å²) in [6.45, 7) is 1.05. The summed E-state index contributed by atoms with van der Waals surface area (Å²) >= 11 is 0. The third-order valence-corrected chi connectivity index (χ3v) is 5.56. The zero-order valence-corrected chi connectivity index (χ0v) is 17.9. The minimum absolute atomic E-state index is 0.158. The number of amides is 2. The summed E-state index contributed by atoms with van der Waals surface area (Å²) in [5.41, 5.74) is 1.65. The molecule has 4 rings (SSSR count). The van der Waals surface area contributed by atoms with Crippen molar-refractivity contribution in [3.63, 3.8) is 0 Å². The van der Waals surface area contributed by atoms with Gasteiger partial charge in [0, 0.05) is 25.1 Å². The number of methoxy groups -OCH3 is 1. The van der Waals surface area contributed by atoms with Gasteiger partial charge in [0.1, 0.15) is 17.3 Å². The fourth-order valence-electron chi connectivity index (χ4n) is 3.87. The van der Waals surface area contributed by atoms with Gasteiger partial charge >= 0.3 is 6.09 Å². The number of carbonyl (C=O) groups excluding carboxylic acids is 2. The largest absolute Gasteiger partial charge is 0.497 e. The Hall–Kier alpha value is -3.55. The molecule has 2 amide bonds. The lowest BCUT2D eigenvalue weighted by Crippen LogP contribution is -2.36. The molecule has 0 saturated carbocycles. The Balaban J connectivity index is 1.48. The van der Waals surface area contributed by atoms with Crippen LogP contribution in [-0.2, 0) is 22.5 Å². The van der Waals surface area contributed by atoms with E-state index in [1.54, 1.807) is 24.1 Å². The molecule has 0 bridgehead atoms. The van der Waals surface area contributed by atoms with E-state index in [2.05, 4.69) is 0 Å². The quantitative estimate of drug-likeness (QED) is 0.501. The number of nitrogens with zero attached hydrogens (tertiary/aromatic N) is 2. The number of anilines is 1. The molecule has 32 heavy (non-hydrogen) atoms. The second-order valence-electron chi connectivity index (χ2n) is 7.58. The van der Waals surface area contributed by atoms with Crippen LogP contribution in [-0.4, -0.2) is 43.9 Å². The average molecular weight is 440 g/mol. The number of ether oxygens (including phenoxy) is 3. The van der Waals surface area contributed by atoms with Crippen molar-refractivity contribution >= 4 is 17.7 Å². The Bertz CT molecular complexity index is 1020. The topological polar surface area (TPSA) is 68.3 Å². The van der Waals surface area contributed by atoms with Crippen LogP contribution in [0.3, 0.4) is 0 Å². The van der Waals surface area contributed by atoms with Gasteiger partial charge in [0.05, 0.1) is 19.3 Å². The number of rotatable bonds is 6. The molecule has 0 aliphatic carbocycles. The number of hydrogen-bond donors (Lipinski definition) is 0. The van der Waals surface area contributed by atoms with E-state index in [-0.39, 0.29) is 31.4 Å². The second kappa shape index (κ2) is 9.72. The van der Waals surface area contributed by atoms with Gasteiger partial charge in [0.2, 0.25) is 12.7 Å². The van der Waals surface area contributed by atoms with Crippen LogP contribution in [0.4, 0.5) is 14.9 Å². The van der Waals surface area contributed by atoms with Crippen LogP contribution in [0.5, 0.6) is 11.5 Å². The Labute approximate surface area is 186 Å². The molecule has 2 heterocycles. The number of benzene rings is 2. The predicted octanol–water partition coefficient (Wildman–Crippen LogP) is 4.05. The molecular weight excluding hydrogens is 415 g/mol. The molecular formula is C24H25FN2O5. The van der Waals surface area contributed by atoms with E-state index < -0.39 is 11.9 Å². The molecule has 0 radical (unpaired) electrons. The third kappa shape index (κ3) is 4.69. The smallest absolute Gasteiger partial charge is 0.412 e. The summed E-state index contributed by atoms with van der Waals surface area (Å²) in [7, 11) is 1.58. The Morgan fingerprint density at radius 3 is 2.62 bits per heavy atom. The standard InChI is InChI=1S/C24H25FN2O5/c1-30-18-7-5-17(6-8-18)15-27-22(28)12-9-19-21(11-10-20(25)23(19)27)31-16-32-24(29)26-13-3-2-4-14-26/h2-3,5-8,10-11H,4,9,12-16H2,1H3. The lowest BCUT2D eigenvalue weighted by atomic mass is 9.98. The van der Waals surface area contributed by atoms with Crippen LogP contribution >= 0.6 is 0 Å². The van der Waals surface area contributed by atoms with E-state index in [1.807, 2.05) is 24.3 Å². The highest BCUT2D eigenvalue weighted by Gasteiger charge is 2.30. The summed E-state index contributed by atoms with van der Waals surface area (Å²) in [5.74, 6) is 0.455. The second-order valence-corrected chi connectivity index (χ2v) is 7.58. The molecule has 2 aromatic rings. The van der Waals surface area contributed by atoms with Gasteiger partial charge in [-0.15, -0.1) is 0 Å². The van der Waals surface area contributed by atoms with E-state index in [1.165, 1.54) is 17.0 Å². The SMILES string of the molecule is COc1ccc(CN2C(=O)CCc3c(OCOC(=O)N4CC=CCC4)ccc(F)c32)cc1. The molecule has 8 heteroatoms. The van der Waals surface area contributed by atoms with Gasteiger partial charge in [-0.3, -0.25) is 4.79 Å². The van der Waals surface area contributed by atoms with Crippen molar-refractivity contribution in [3.05, 3.63) is 65.5 Å². The zero-order valence-electron chi connectivity index (χ0n) is 17.9. The highest BCUT2D eigenvalue weighted by molar-refractivity contribution is 5.97. The normalized spacial score (nSPS) is 15.4. The van der Waals surface area contributed by atoms with E-state index in [0.717, 1.165) is 12.0 Å². The molecule has 0 aromatic heterocycles. The van der Waals surface area contributed by atoms with Gasteiger partial charge in [-0.2, -0.15) is 0 Å². The van der Waals surface area contributed by atoms with E-state index in [9.17, 15) is 14.0 Å². The molecule has 0 fully saturated rings. The van der Waals surface area contributed by atoms with E-state index >= 15 is 0 Å². The summed E-state index contributed by atoms with van der Waals surface area (Å²) in [5, 5.41) is 0. The first kappa shape index (κ1) is 21.7. The third-order valence-electron chi connectivity index (χ3n) is 5.56. The number of carbonyl (C=O) groups is 2. The average Bonchev–Trinajstić information content (AvgIpc) is 2.83. The van der Waals surface area contributed by atoms with Crippen LogP contribution < -0.4 is 14.4 Å². The first-order valence-electron chi connectivity index (χ1n) is 10.5. The molecule has 2 aromatic carbocycles. The molecule has 0 atom stereocenters. The van der Waals surface area contributed by atoms with Gasteiger partial charge in [0.25, 0.3) is 0 Å². The first-order valence-corrected chi connectivity index (χ1v) is 10.5. The van der Waals surface area contributed by atoms with Crippen molar-refractivity contribution in [3.8, 4) is 11.5 Å². The van der Waals surface area contributed by atoms with Gasteiger partial charge in [0.15, 0.2) is 0 Å². The first-order chi connectivity index (χ1) is 15.6. The Morgan fingerprint density at radius 2 is 1.91 bits per heavy atom. The maximum atomic E-state index is 14.8. The van der Waals surface area contributed by atoms with Crippen LogP contribution in [0.15, 0.2) is 48.6 Å². The maximum absolute atomic E-state index is 14.8. The van der Waals surface area contributed by atoms with Crippen LogP contribution in [0.2, 0.25) is 0 Å². The van der Waals surface area contributed by atoms with Gasteiger partial charge in [-0.25, -0.2) is 9.18 Å². The molecule has 168 valence electrons. The summed E-state index contributed by atoms with van der Waals surface area (Å²) in [6, 6.07) is 10.1. The summed E-state index contributed by atoms with van der Waals surface area (Å²) in [6.07, 6.45) is 4.86. The van der Waals surface area contributed by atoms with Gasteiger partial charge in [-0.1, -0.05) is 24.3 Å². The van der Waals surface area contributed by atoms with Crippen LogP contribution in [0.25, 0.3) is 0 Å². The van der Waals surface area contributed by atoms with Crippen LogP contribution in [0, 0.1) is 5.82 Å². The molecule has 0 saturated heterocycles. The lowest BCUT2D eigenvalue weighted by Gasteiger charge is -2.31. The molecule has 2 aliphatic rings. The minimum atomic E-state index is -0.494. The Morgan fingerprint density at radius 1 is 1.09 bits per heavy atom. The molecule has 7 nitrogen and oxygen atoms in total. The minimum Gasteiger partial charge on any atom is -0.497 e. The van der Waals surface area contributed by atoms with Crippen molar-refractivity contribution in [2.45, 2.75) is 25.8 Å². The molecule has 0 unspecified atom stereocenters. The molecule has 0 N–H and O–H groups in total. The van der Waals surface area contributed by atoms with E-state index in [4.69, 9.17) is 14.2 Å². The van der Waals surface area contributed by atoms with Gasteiger partial charge < -0.3 is 24.0 Å². The van der Waals surface area contributed by atoms with Gasteiger partial charge in [-0.05, 0) is 42.7 Å². The predicted molar refractivity (Wildman–Crippen MR) is 116 cm³/mol. The highest BCUT2D eigenvalue weighted by atomic mass is 19.1. The maximum Gasteiger partial charge on any atom is 0.412 e. The van der Waals surface area contributed by atoms with Crippen molar-refractivity contribution in [1.82, 2.24) is 4.90 Å². The lowest BCUT2D eigenvalue weighted by molar-refractivity contribution is -0.119. The van der Waals surface area contributed by atoms with Crippen molar-refractivity contribution in [2.24, 2.45) is 0 Å². The zero-order chi connectivity index (χ0) is 22.5. The summed E-state index contributed by atoms with van der Waals surface area (Å²) in [4.78, 5) is 27.8. The van der Waals surface area contributed by atoms with Crippen molar-refractivity contribution in [2.75, 3.05) is 31.9 Å². The van der Waals surface area contributed by atoms with Crippen molar-refractivity contribution in [1.29, 1.82) is 0 Å². The highest BCUT2D eigenvalue weighted by Crippen LogP contribution is 2.38. The van der Waals surface area contributed by atoms with Crippen molar-refractivity contribution < 1.29 is 28.2 Å². The molecule has 0 spiro atoms. The monoisotopic (exact) mass is 440 g/mol.